The maximum atomic E-state index is 5.82. The molecule has 2 fully saturated rings. The number of aryl methyl sites for hydroxylation is 1. The lowest BCUT2D eigenvalue weighted by Crippen LogP contribution is -2.35. The maximum absolute atomic E-state index is 5.82. The predicted molar refractivity (Wildman–Crippen MR) is 74.8 cm³/mol. The van der Waals surface area contributed by atoms with Gasteiger partial charge in [0.25, 0.3) is 0 Å². The molecule has 4 nitrogen and oxygen atoms in total. The van der Waals surface area contributed by atoms with Crippen LogP contribution in [0.25, 0.3) is 0 Å². The molecule has 0 unspecified atom stereocenters. The van der Waals surface area contributed by atoms with E-state index in [4.69, 9.17) is 5.73 Å². The second kappa shape index (κ2) is 4.76. The van der Waals surface area contributed by atoms with Crippen LogP contribution < -0.4 is 10.6 Å². The molecular formula is C14H22N4. The van der Waals surface area contributed by atoms with Gasteiger partial charge in [0.15, 0.2) is 0 Å². The minimum Gasteiger partial charge on any atom is -0.397 e. The molecule has 0 spiro atoms. The Hall–Kier alpha value is -1.29. The van der Waals surface area contributed by atoms with Crippen LogP contribution in [-0.4, -0.2) is 42.1 Å². The topological polar surface area (TPSA) is 45.4 Å². The molecule has 3 heterocycles. The predicted octanol–water partition coefficient (Wildman–Crippen LogP) is 1.65. The average molecular weight is 246 g/mol. The second-order valence-corrected chi connectivity index (χ2v) is 5.48. The highest BCUT2D eigenvalue weighted by molar-refractivity contribution is 5.51. The van der Waals surface area contributed by atoms with Gasteiger partial charge in [0.1, 0.15) is 5.82 Å². The van der Waals surface area contributed by atoms with Gasteiger partial charge >= 0.3 is 0 Å². The van der Waals surface area contributed by atoms with E-state index < -0.39 is 0 Å². The lowest BCUT2D eigenvalue weighted by Gasteiger charge is -2.24. The Morgan fingerprint density at radius 3 is 2.72 bits per heavy atom. The van der Waals surface area contributed by atoms with Gasteiger partial charge in [-0.05, 0) is 51.4 Å². The summed E-state index contributed by atoms with van der Waals surface area (Å²) in [6, 6.07) is 4.75. The van der Waals surface area contributed by atoms with Gasteiger partial charge in [-0.25, -0.2) is 4.98 Å². The van der Waals surface area contributed by atoms with Crippen LogP contribution in [0.5, 0.6) is 0 Å². The molecule has 0 bridgehead atoms. The summed E-state index contributed by atoms with van der Waals surface area (Å²) in [4.78, 5) is 9.64. The Kier molecular flexibility index (Phi) is 3.12. The fourth-order valence-electron chi connectivity index (χ4n) is 3.09. The molecule has 1 aromatic heterocycles. The summed E-state index contributed by atoms with van der Waals surface area (Å²) in [7, 11) is 0. The van der Waals surface area contributed by atoms with Crippen LogP contribution in [-0.2, 0) is 0 Å². The van der Waals surface area contributed by atoms with Crippen molar-refractivity contribution in [2.24, 2.45) is 0 Å². The zero-order valence-corrected chi connectivity index (χ0v) is 11.1. The first-order valence-electron chi connectivity index (χ1n) is 6.96. The summed E-state index contributed by atoms with van der Waals surface area (Å²) >= 11 is 0. The smallest absolute Gasteiger partial charge is 0.129 e. The second-order valence-electron chi connectivity index (χ2n) is 5.48. The number of nitrogen functional groups attached to an aromatic ring is 1. The van der Waals surface area contributed by atoms with Crippen molar-refractivity contribution in [3.05, 3.63) is 17.8 Å². The van der Waals surface area contributed by atoms with Gasteiger partial charge in [0.2, 0.25) is 0 Å². The van der Waals surface area contributed by atoms with Crippen LogP contribution >= 0.6 is 0 Å². The normalized spacial score (nSPS) is 24.9. The van der Waals surface area contributed by atoms with Gasteiger partial charge in [-0.3, -0.25) is 4.90 Å². The molecule has 3 rings (SSSR count). The summed E-state index contributed by atoms with van der Waals surface area (Å²) in [5.74, 6) is 1.09. The van der Waals surface area contributed by atoms with E-state index in [9.17, 15) is 0 Å². The zero-order valence-electron chi connectivity index (χ0n) is 11.1. The van der Waals surface area contributed by atoms with Crippen LogP contribution in [0.3, 0.4) is 0 Å². The SMILES string of the molecule is Cc1nc(N2CC[C@@H](N3CCCC3)C2)ccc1N. The quantitative estimate of drug-likeness (QED) is 0.862. The van der Waals surface area contributed by atoms with Gasteiger partial charge in [-0.15, -0.1) is 0 Å². The largest absolute Gasteiger partial charge is 0.397 e. The molecule has 0 radical (unpaired) electrons. The molecule has 0 aromatic carbocycles. The van der Waals surface area contributed by atoms with E-state index >= 15 is 0 Å². The van der Waals surface area contributed by atoms with E-state index in [0.717, 1.165) is 36.3 Å². The molecule has 2 N–H and O–H groups in total. The molecule has 2 aliphatic heterocycles. The van der Waals surface area contributed by atoms with Gasteiger partial charge in [-0.1, -0.05) is 0 Å². The maximum Gasteiger partial charge on any atom is 0.129 e. The number of aromatic nitrogens is 1. The first-order valence-corrected chi connectivity index (χ1v) is 6.96. The molecule has 1 atom stereocenters. The van der Waals surface area contributed by atoms with Crippen molar-refractivity contribution in [2.45, 2.75) is 32.2 Å². The third kappa shape index (κ3) is 2.17. The number of rotatable bonds is 2. The third-order valence-electron chi connectivity index (χ3n) is 4.26. The van der Waals surface area contributed by atoms with Crippen LogP contribution in [0.1, 0.15) is 25.0 Å². The molecule has 2 aliphatic rings. The van der Waals surface area contributed by atoms with Crippen LogP contribution in [0.15, 0.2) is 12.1 Å². The molecule has 4 heteroatoms. The Labute approximate surface area is 109 Å². The van der Waals surface area contributed by atoms with Crippen molar-refractivity contribution in [2.75, 3.05) is 36.8 Å². The number of nitrogens with two attached hydrogens (primary N) is 1. The third-order valence-corrected chi connectivity index (χ3v) is 4.26. The Balaban J connectivity index is 1.69. The van der Waals surface area contributed by atoms with Crippen molar-refractivity contribution in [3.8, 4) is 0 Å². The molecule has 2 saturated heterocycles. The van der Waals surface area contributed by atoms with Crippen LogP contribution in [0.4, 0.5) is 11.5 Å². The van der Waals surface area contributed by atoms with Crippen molar-refractivity contribution in [1.82, 2.24) is 9.88 Å². The first-order chi connectivity index (χ1) is 8.74. The van der Waals surface area contributed by atoms with Crippen molar-refractivity contribution in [1.29, 1.82) is 0 Å². The Bertz CT molecular complexity index is 426. The molecular weight excluding hydrogens is 224 g/mol. The highest BCUT2D eigenvalue weighted by atomic mass is 15.3. The molecule has 0 amide bonds. The molecule has 18 heavy (non-hydrogen) atoms. The number of hydrogen-bond donors (Lipinski definition) is 1. The van der Waals surface area contributed by atoms with Crippen molar-refractivity contribution in [3.63, 3.8) is 0 Å². The summed E-state index contributed by atoms with van der Waals surface area (Å²) in [5, 5.41) is 0. The zero-order chi connectivity index (χ0) is 12.5. The van der Waals surface area contributed by atoms with Crippen molar-refractivity contribution < 1.29 is 0 Å². The van der Waals surface area contributed by atoms with Crippen LogP contribution in [0, 0.1) is 6.92 Å². The van der Waals surface area contributed by atoms with Gasteiger partial charge in [0, 0.05) is 19.1 Å². The molecule has 98 valence electrons. The van der Waals surface area contributed by atoms with E-state index in [2.05, 4.69) is 20.9 Å². The average Bonchev–Trinajstić information content (AvgIpc) is 3.01. The monoisotopic (exact) mass is 246 g/mol. The Morgan fingerprint density at radius 1 is 1.22 bits per heavy atom. The van der Waals surface area contributed by atoms with Crippen molar-refractivity contribution >= 4 is 11.5 Å². The lowest BCUT2D eigenvalue weighted by molar-refractivity contribution is 0.260. The van der Waals surface area contributed by atoms with Gasteiger partial charge in [-0.2, -0.15) is 0 Å². The summed E-state index contributed by atoms with van der Waals surface area (Å²) < 4.78 is 0. The standard InChI is InChI=1S/C14H22N4/c1-11-13(15)4-5-14(16-11)18-9-6-12(10-18)17-7-2-3-8-17/h4-5,12H,2-3,6-10,15H2,1H3/t12-/m1/s1. The van der Waals surface area contributed by atoms with E-state index in [1.165, 1.54) is 32.4 Å². The molecule has 0 aliphatic carbocycles. The van der Waals surface area contributed by atoms with E-state index in [1.54, 1.807) is 0 Å². The fourth-order valence-corrected chi connectivity index (χ4v) is 3.09. The lowest BCUT2D eigenvalue weighted by atomic mass is 10.2. The summed E-state index contributed by atoms with van der Waals surface area (Å²) in [6.07, 6.45) is 4.01. The summed E-state index contributed by atoms with van der Waals surface area (Å²) in [6.45, 7) is 6.79. The number of anilines is 2. The number of hydrogen-bond acceptors (Lipinski definition) is 4. The van der Waals surface area contributed by atoms with E-state index in [0.29, 0.717) is 0 Å². The van der Waals surface area contributed by atoms with E-state index in [-0.39, 0.29) is 0 Å². The Morgan fingerprint density at radius 2 is 2.00 bits per heavy atom. The van der Waals surface area contributed by atoms with E-state index in [1.807, 2.05) is 13.0 Å². The van der Waals surface area contributed by atoms with Crippen LogP contribution in [0.2, 0.25) is 0 Å². The first kappa shape index (κ1) is 11.8. The number of nitrogens with zero attached hydrogens (tertiary/aromatic N) is 3. The highest BCUT2D eigenvalue weighted by Gasteiger charge is 2.29. The molecule has 0 saturated carbocycles. The van der Waals surface area contributed by atoms with Gasteiger partial charge in [0.05, 0.1) is 11.4 Å². The minimum atomic E-state index is 0.729. The summed E-state index contributed by atoms with van der Waals surface area (Å²) in [5.41, 5.74) is 7.55. The minimum absolute atomic E-state index is 0.729. The number of likely N-dealkylation sites (tertiary alicyclic amines) is 1. The van der Waals surface area contributed by atoms with Gasteiger partial charge < -0.3 is 10.6 Å². The highest BCUT2D eigenvalue weighted by Crippen LogP contribution is 2.25. The molecule has 1 aromatic rings. The fraction of sp³-hybridized carbons (Fsp3) is 0.643. The number of pyridine rings is 1.